The van der Waals surface area contributed by atoms with Gasteiger partial charge in [0.25, 0.3) is 5.91 Å². The van der Waals surface area contributed by atoms with Gasteiger partial charge in [-0.05, 0) is 30.9 Å². The number of hydrogen-bond acceptors (Lipinski definition) is 5. The number of amides is 2. The van der Waals surface area contributed by atoms with Gasteiger partial charge in [-0.2, -0.15) is 0 Å². The summed E-state index contributed by atoms with van der Waals surface area (Å²) in [5.41, 5.74) is 0.695. The van der Waals surface area contributed by atoms with Crippen molar-refractivity contribution in [3.8, 4) is 0 Å². The molecule has 1 aliphatic carbocycles. The molecule has 8 heteroatoms. The average molecular weight is 372 g/mol. The highest BCUT2D eigenvalue weighted by Gasteiger charge is 2.37. The fourth-order valence-corrected chi connectivity index (χ4v) is 3.21. The highest BCUT2D eigenvalue weighted by atomic mass is 19.1. The summed E-state index contributed by atoms with van der Waals surface area (Å²) in [6.45, 7) is 0.309. The quantitative estimate of drug-likeness (QED) is 0.697. The van der Waals surface area contributed by atoms with Crippen LogP contribution in [0.2, 0.25) is 0 Å². The van der Waals surface area contributed by atoms with Crippen LogP contribution in [0.4, 0.5) is 4.39 Å². The summed E-state index contributed by atoms with van der Waals surface area (Å²) in [4.78, 5) is 32.2. The van der Waals surface area contributed by atoms with Crippen molar-refractivity contribution in [2.75, 3.05) is 6.54 Å². The Balaban J connectivity index is 1.48. The van der Waals surface area contributed by atoms with Crippen LogP contribution in [0.3, 0.4) is 0 Å². The molecule has 1 aromatic carbocycles. The first-order valence-electron chi connectivity index (χ1n) is 8.80. The number of carbonyl (C=O) groups excluding carboxylic acids is 2. The van der Waals surface area contributed by atoms with Crippen molar-refractivity contribution in [2.45, 2.75) is 31.4 Å². The fraction of sp³-hybridized carbons (Fsp3) is 0.368. The van der Waals surface area contributed by atoms with Crippen molar-refractivity contribution in [3.63, 3.8) is 0 Å². The maximum Gasteiger partial charge on any atom is 0.271 e. The highest BCUT2D eigenvalue weighted by Crippen LogP contribution is 2.26. The van der Waals surface area contributed by atoms with Gasteiger partial charge in [-0.3, -0.25) is 14.6 Å². The number of aliphatic hydroxyl groups is 1. The second-order valence-electron chi connectivity index (χ2n) is 6.54. The van der Waals surface area contributed by atoms with E-state index in [4.69, 9.17) is 0 Å². The third-order valence-corrected chi connectivity index (χ3v) is 4.66. The smallest absolute Gasteiger partial charge is 0.271 e. The maximum atomic E-state index is 13.6. The number of aromatic nitrogens is 2. The first-order chi connectivity index (χ1) is 13.0. The minimum atomic E-state index is -0.812. The number of halogens is 1. The van der Waals surface area contributed by atoms with Gasteiger partial charge in [-0.1, -0.05) is 18.2 Å². The lowest BCUT2D eigenvalue weighted by molar-refractivity contribution is -0.125. The molecule has 2 aromatic rings. The van der Waals surface area contributed by atoms with E-state index < -0.39 is 24.0 Å². The Kier molecular flexibility index (Phi) is 6.08. The van der Waals surface area contributed by atoms with Crippen LogP contribution in [0.25, 0.3) is 0 Å². The normalized spacial score (nSPS) is 21.6. The highest BCUT2D eigenvalue weighted by molar-refractivity contribution is 5.92. The second-order valence-corrected chi connectivity index (χ2v) is 6.54. The lowest BCUT2D eigenvalue weighted by Gasteiger charge is -2.15. The third-order valence-electron chi connectivity index (χ3n) is 4.66. The molecular weight excluding hydrogens is 351 g/mol. The number of carbonyl (C=O) groups is 2. The standard InChI is InChI=1S/C19H21FN4O3/c20-14-4-2-1-3-12(14)5-6-23-18(26)13-9-15(17(25)10-13)24-19(27)16-11-21-7-8-22-16/h1-4,7-8,11,13,15,17,25H,5-6,9-10H2,(H,23,26)(H,24,27)/t13-,15+,17+/m0/s1. The number of rotatable bonds is 6. The molecule has 1 saturated carbocycles. The number of aliphatic hydroxyl groups excluding tert-OH is 1. The summed E-state index contributed by atoms with van der Waals surface area (Å²) in [6, 6.07) is 5.90. The van der Waals surface area contributed by atoms with E-state index in [1.807, 2.05) is 0 Å². The number of benzene rings is 1. The van der Waals surface area contributed by atoms with Gasteiger partial charge in [0.2, 0.25) is 5.91 Å². The molecule has 142 valence electrons. The molecule has 7 nitrogen and oxygen atoms in total. The first kappa shape index (κ1) is 18.9. The van der Waals surface area contributed by atoms with Crippen LogP contribution in [0, 0.1) is 11.7 Å². The maximum absolute atomic E-state index is 13.6. The van der Waals surface area contributed by atoms with Crippen LogP contribution in [0.1, 0.15) is 28.9 Å². The van der Waals surface area contributed by atoms with Crippen LogP contribution in [0.15, 0.2) is 42.9 Å². The Hall–Kier alpha value is -2.87. The van der Waals surface area contributed by atoms with Gasteiger partial charge in [0.05, 0.1) is 18.3 Å². The van der Waals surface area contributed by atoms with Gasteiger partial charge >= 0.3 is 0 Å². The van der Waals surface area contributed by atoms with E-state index in [0.717, 1.165) is 0 Å². The molecule has 3 N–H and O–H groups in total. The van der Waals surface area contributed by atoms with Gasteiger partial charge in [0.1, 0.15) is 11.5 Å². The van der Waals surface area contributed by atoms with Crippen molar-refractivity contribution < 1.29 is 19.1 Å². The van der Waals surface area contributed by atoms with E-state index in [-0.39, 0.29) is 23.8 Å². The molecule has 3 atom stereocenters. The summed E-state index contributed by atoms with van der Waals surface area (Å²) in [7, 11) is 0. The lowest BCUT2D eigenvalue weighted by Crippen LogP contribution is -2.40. The Bertz CT molecular complexity index is 803. The van der Waals surface area contributed by atoms with E-state index in [0.29, 0.717) is 24.9 Å². The zero-order chi connectivity index (χ0) is 19.2. The molecular formula is C19H21FN4O3. The predicted molar refractivity (Wildman–Crippen MR) is 95.1 cm³/mol. The molecule has 1 heterocycles. The molecule has 27 heavy (non-hydrogen) atoms. The van der Waals surface area contributed by atoms with E-state index in [9.17, 15) is 19.1 Å². The van der Waals surface area contributed by atoms with Crippen molar-refractivity contribution in [2.24, 2.45) is 5.92 Å². The van der Waals surface area contributed by atoms with E-state index in [1.54, 1.807) is 18.2 Å². The average Bonchev–Trinajstić information content (AvgIpc) is 3.04. The summed E-state index contributed by atoms with van der Waals surface area (Å²) in [5, 5.41) is 15.6. The summed E-state index contributed by atoms with van der Waals surface area (Å²) in [5.74, 6) is -1.35. The molecule has 3 rings (SSSR count). The monoisotopic (exact) mass is 372 g/mol. The zero-order valence-electron chi connectivity index (χ0n) is 14.6. The fourth-order valence-electron chi connectivity index (χ4n) is 3.21. The van der Waals surface area contributed by atoms with Crippen molar-refractivity contribution in [3.05, 3.63) is 59.9 Å². The number of hydrogen-bond donors (Lipinski definition) is 3. The molecule has 2 amide bonds. The molecule has 0 radical (unpaired) electrons. The minimum Gasteiger partial charge on any atom is -0.391 e. The predicted octanol–water partition coefficient (Wildman–Crippen LogP) is 0.844. The number of nitrogens with zero attached hydrogens (tertiary/aromatic N) is 2. The van der Waals surface area contributed by atoms with Crippen LogP contribution in [-0.4, -0.2) is 45.6 Å². The molecule has 0 saturated heterocycles. The minimum absolute atomic E-state index is 0.155. The first-order valence-corrected chi connectivity index (χ1v) is 8.80. The molecule has 0 aliphatic heterocycles. The Morgan fingerprint density at radius 2 is 2.04 bits per heavy atom. The van der Waals surface area contributed by atoms with Gasteiger partial charge < -0.3 is 15.7 Å². The summed E-state index contributed by atoms with van der Waals surface area (Å²) >= 11 is 0. The van der Waals surface area contributed by atoms with Crippen LogP contribution in [0.5, 0.6) is 0 Å². The third kappa shape index (κ3) is 4.85. The second kappa shape index (κ2) is 8.68. The Morgan fingerprint density at radius 1 is 1.22 bits per heavy atom. The van der Waals surface area contributed by atoms with E-state index in [1.165, 1.54) is 24.7 Å². The molecule has 0 unspecified atom stereocenters. The van der Waals surface area contributed by atoms with Crippen molar-refractivity contribution in [1.82, 2.24) is 20.6 Å². The SMILES string of the molecule is O=C(N[C@@H]1C[C@H](C(=O)NCCc2ccccc2F)C[C@H]1O)c1cnccn1. The topological polar surface area (TPSA) is 104 Å². The van der Waals surface area contributed by atoms with Crippen LogP contribution >= 0.6 is 0 Å². The van der Waals surface area contributed by atoms with Gasteiger partial charge in [-0.25, -0.2) is 9.37 Å². The van der Waals surface area contributed by atoms with E-state index >= 15 is 0 Å². The van der Waals surface area contributed by atoms with Crippen LogP contribution in [-0.2, 0) is 11.2 Å². The van der Waals surface area contributed by atoms with Gasteiger partial charge in [0.15, 0.2) is 0 Å². The summed E-state index contributed by atoms with van der Waals surface area (Å²) < 4.78 is 13.6. The van der Waals surface area contributed by atoms with Crippen LogP contribution < -0.4 is 10.6 Å². The Morgan fingerprint density at radius 3 is 2.78 bits per heavy atom. The summed E-state index contributed by atoms with van der Waals surface area (Å²) in [6.07, 6.45) is 4.38. The molecule has 1 fully saturated rings. The molecule has 1 aromatic heterocycles. The number of nitrogens with one attached hydrogen (secondary N) is 2. The largest absolute Gasteiger partial charge is 0.391 e. The lowest BCUT2D eigenvalue weighted by atomic mass is 10.1. The van der Waals surface area contributed by atoms with Gasteiger partial charge in [0, 0.05) is 24.9 Å². The zero-order valence-corrected chi connectivity index (χ0v) is 14.6. The molecule has 0 spiro atoms. The molecule has 1 aliphatic rings. The van der Waals surface area contributed by atoms with Crippen molar-refractivity contribution in [1.29, 1.82) is 0 Å². The Labute approximate surface area is 156 Å². The van der Waals surface area contributed by atoms with Crippen molar-refractivity contribution >= 4 is 11.8 Å². The van der Waals surface area contributed by atoms with Gasteiger partial charge in [-0.15, -0.1) is 0 Å². The van der Waals surface area contributed by atoms with E-state index in [2.05, 4.69) is 20.6 Å². The molecule has 0 bridgehead atoms.